The summed E-state index contributed by atoms with van der Waals surface area (Å²) in [7, 11) is 3.14. The molecule has 5 rings (SSSR count). The average Bonchev–Trinajstić information content (AvgIpc) is 3.34. The number of carbonyl (C=O) groups excluding carboxylic acids is 1. The van der Waals surface area contributed by atoms with Crippen LogP contribution >= 0.6 is 79.7 Å². The van der Waals surface area contributed by atoms with Gasteiger partial charge in [0, 0.05) is 34.3 Å². The van der Waals surface area contributed by atoms with Crippen molar-refractivity contribution < 1.29 is 19.0 Å². The molecule has 0 bridgehead atoms. The lowest BCUT2D eigenvalue weighted by atomic mass is 9.93. The molecule has 0 aliphatic carbocycles. The number of aromatic nitrogens is 1. The van der Waals surface area contributed by atoms with E-state index in [9.17, 15) is 9.59 Å². The lowest BCUT2D eigenvalue weighted by molar-refractivity contribution is -0.127. The Morgan fingerprint density at radius 3 is 2.36 bits per heavy atom. The van der Waals surface area contributed by atoms with Crippen molar-refractivity contribution in [3.05, 3.63) is 113 Å². The summed E-state index contributed by atoms with van der Waals surface area (Å²) in [5.41, 5.74) is 3.00. The molecule has 0 saturated heterocycles. The number of allylic oxidation sites excluding steroid dienone is 1. The Labute approximate surface area is 313 Å². The normalized spacial score (nSPS) is 14.5. The molecule has 246 valence electrons. The molecule has 1 aliphatic heterocycles. The molecular formula is C34H31Cl2I2N3O5S. The Kier molecular flexibility index (Phi) is 11.6. The topological polar surface area (TPSA) is 82.4 Å². The highest BCUT2D eigenvalue weighted by Crippen LogP contribution is 2.38. The summed E-state index contributed by atoms with van der Waals surface area (Å²) in [5.74, 6) is 1.65. The molecule has 0 N–H and O–H groups in total. The highest BCUT2D eigenvalue weighted by atomic mass is 127. The number of ether oxygens (including phenoxy) is 3. The Morgan fingerprint density at radius 1 is 1.04 bits per heavy atom. The van der Waals surface area contributed by atoms with E-state index in [0.717, 1.165) is 24.0 Å². The molecule has 8 nitrogen and oxygen atoms in total. The number of fused-ring (bicyclic) bond motifs is 1. The molecule has 0 radical (unpaired) electrons. The van der Waals surface area contributed by atoms with Crippen LogP contribution in [0.25, 0.3) is 6.08 Å². The number of amides is 1. The van der Waals surface area contributed by atoms with E-state index in [1.165, 1.54) is 11.3 Å². The third kappa shape index (κ3) is 7.38. The minimum absolute atomic E-state index is 0.181. The summed E-state index contributed by atoms with van der Waals surface area (Å²) in [6, 6.07) is 13.8. The van der Waals surface area contributed by atoms with E-state index in [1.807, 2.05) is 51.1 Å². The summed E-state index contributed by atoms with van der Waals surface area (Å²) in [5, 5.41) is 1.10. The first-order chi connectivity index (χ1) is 22.5. The van der Waals surface area contributed by atoms with Crippen molar-refractivity contribution in [1.82, 2.24) is 9.47 Å². The van der Waals surface area contributed by atoms with E-state index in [0.29, 0.717) is 60.8 Å². The molecule has 1 aromatic heterocycles. The van der Waals surface area contributed by atoms with Crippen LogP contribution in [-0.4, -0.2) is 42.7 Å². The number of methoxy groups -OCH3 is 2. The first-order valence-electron chi connectivity index (χ1n) is 14.6. The van der Waals surface area contributed by atoms with E-state index < -0.39 is 6.04 Å². The quantitative estimate of drug-likeness (QED) is 0.157. The standard InChI is InChI=1S/C34H31Cl2I2N3O5S/c1-6-40(7-2)33(43)29-18(3)39-34-41(30(29)23-16-22(44-4)10-11-27(23)45-5)32(42)28(47-34)14-19-12-25(37)31(26(38)13-19)46-17-20-8-9-21(35)15-24(20)36/h8-16,30H,6-7,17H2,1-5H3/b28-14+/t30-/m0/s1. The smallest absolute Gasteiger partial charge is 0.271 e. The second-order valence-electron chi connectivity index (χ2n) is 10.5. The molecule has 1 atom stereocenters. The highest BCUT2D eigenvalue weighted by molar-refractivity contribution is 14.1. The zero-order valence-electron chi connectivity index (χ0n) is 26.2. The molecule has 0 fully saturated rings. The molecule has 0 spiro atoms. The Bertz CT molecular complexity index is 2050. The largest absolute Gasteiger partial charge is 0.497 e. The predicted molar refractivity (Wildman–Crippen MR) is 204 cm³/mol. The van der Waals surface area contributed by atoms with E-state index in [1.54, 1.807) is 48.0 Å². The van der Waals surface area contributed by atoms with Crippen molar-refractivity contribution in [2.45, 2.75) is 33.4 Å². The van der Waals surface area contributed by atoms with Crippen LogP contribution in [0.1, 0.15) is 43.5 Å². The Morgan fingerprint density at radius 2 is 1.74 bits per heavy atom. The van der Waals surface area contributed by atoms with Crippen molar-refractivity contribution in [3.63, 3.8) is 0 Å². The predicted octanol–water partition coefficient (Wildman–Crippen LogP) is 7.22. The van der Waals surface area contributed by atoms with Crippen molar-refractivity contribution >= 4 is 91.7 Å². The van der Waals surface area contributed by atoms with Gasteiger partial charge in [-0.25, -0.2) is 4.99 Å². The number of hydrogen-bond donors (Lipinski definition) is 0. The number of rotatable bonds is 10. The van der Waals surface area contributed by atoms with Crippen molar-refractivity contribution in [2.24, 2.45) is 4.99 Å². The van der Waals surface area contributed by atoms with Gasteiger partial charge in [0.15, 0.2) is 4.80 Å². The van der Waals surface area contributed by atoms with Crippen LogP contribution in [0, 0.1) is 7.14 Å². The number of thiazole rings is 1. The van der Waals surface area contributed by atoms with Gasteiger partial charge in [-0.05, 0) is 120 Å². The maximum absolute atomic E-state index is 14.3. The van der Waals surface area contributed by atoms with Gasteiger partial charge in [0.2, 0.25) is 0 Å². The van der Waals surface area contributed by atoms with Crippen molar-refractivity contribution in [3.8, 4) is 17.2 Å². The number of likely N-dealkylation sites (N-methyl/N-ethyl adjacent to an activating group) is 1. The van der Waals surface area contributed by atoms with Crippen LogP contribution in [0.2, 0.25) is 10.0 Å². The number of carbonyl (C=O) groups is 1. The molecule has 1 amide bonds. The first-order valence-corrected chi connectivity index (χ1v) is 18.3. The molecule has 47 heavy (non-hydrogen) atoms. The van der Waals surface area contributed by atoms with Gasteiger partial charge in [0.25, 0.3) is 11.5 Å². The maximum atomic E-state index is 14.3. The van der Waals surface area contributed by atoms with Crippen LogP contribution in [0.15, 0.2) is 69.6 Å². The number of nitrogens with zero attached hydrogens (tertiary/aromatic N) is 3. The van der Waals surface area contributed by atoms with Gasteiger partial charge in [-0.15, -0.1) is 0 Å². The minimum Gasteiger partial charge on any atom is -0.497 e. The molecule has 4 aromatic rings. The minimum atomic E-state index is -0.776. The fraction of sp³-hybridized carbons (Fsp3) is 0.265. The van der Waals surface area contributed by atoms with E-state index in [-0.39, 0.29) is 18.1 Å². The van der Waals surface area contributed by atoms with E-state index in [4.69, 9.17) is 42.4 Å². The first kappa shape index (κ1) is 35.7. The van der Waals surface area contributed by atoms with Crippen molar-refractivity contribution in [2.75, 3.05) is 27.3 Å². The monoisotopic (exact) mass is 917 g/mol. The fourth-order valence-corrected chi connectivity index (χ4v) is 9.00. The summed E-state index contributed by atoms with van der Waals surface area (Å²) in [6.07, 6.45) is 1.85. The van der Waals surface area contributed by atoms with E-state index in [2.05, 4.69) is 45.2 Å². The lowest BCUT2D eigenvalue weighted by Crippen LogP contribution is -2.43. The SMILES string of the molecule is CCN(CC)C(=O)C1=C(C)N=c2s/c(=C/c3cc(I)c(OCc4ccc(Cl)cc4Cl)c(I)c3)c(=O)n2[C@H]1c1cc(OC)ccc1OC. The van der Waals surface area contributed by atoms with Gasteiger partial charge in [-0.3, -0.25) is 14.2 Å². The van der Waals surface area contributed by atoms with Gasteiger partial charge in [0.1, 0.15) is 29.9 Å². The summed E-state index contributed by atoms with van der Waals surface area (Å²) in [6.45, 7) is 6.99. The molecule has 13 heteroatoms. The van der Waals surface area contributed by atoms with Crippen LogP contribution in [0.5, 0.6) is 17.2 Å². The van der Waals surface area contributed by atoms with Crippen LogP contribution in [0.4, 0.5) is 0 Å². The van der Waals surface area contributed by atoms with Gasteiger partial charge < -0.3 is 19.1 Å². The van der Waals surface area contributed by atoms with Crippen molar-refractivity contribution in [1.29, 1.82) is 0 Å². The zero-order valence-corrected chi connectivity index (χ0v) is 32.8. The second kappa shape index (κ2) is 15.3. The number of halogens is 4. The number of hydrogen-bond acceptors (Lipinski definition) is 7. The third-order valence-corrected chi connectivity index (χ3v) is 10.9. The van der Waals surface area contributed by atoms with Gasteiger partial charge in [0.05, 0.1) is 37.2 Å². The van der Waals surface area contributed by atoms with Crippen LogP contribution in [0.3, 0.4) is 0 Å². The van der Waals surface area contributed by atoms with Crippen LogP contribution in [-0.2, 0) is 11.4 Å². The highest BCUT2D eigenvalue weighted by Gasteiger charge is 2.36. The van der Waals surface area contributed by atoms with Crippen LogP contribution < -0.4 is 29.1 Å². The fourth-order valence-electron chi connectivity index (χ4n) is 5.36. The molecule has 2 heterocycles. The summed E-state index contributed by atoms with van der Waals surface area (Å²) < 4.78 is 21.3. The number of benzene rings is 3. The second-order valence-corrected chi connectivity index (χ2v) is 14.7. The molecule has 0 unspecified atom stereocenters. The molecule has 3 aromatic carbocycles. The summed E-state index contributed by atoms with van der Waals surface area (Å²) >= 11 is 18.1. The Hall–Kier alpha value is -2.59. The molecule has 1 aliphatic rings. The summed E-state index contributed by atoms with van der Waals surface area (Å²) in [4.78, 5) is 35.3. The van der Waals surface area contributed by atoms with Gasteiger partial charge in [-0.2, -0.15) is 0 Å². The van der Waals surface area contributed by atoms with Gasteiger partial charge in [-0.1, -0.05) is 40.6 Å². The maximum Gasteiger partial charge on any atom is 0.271 e. The lowest BCUT2D eigenvalue weighted by Gasteiger charge is -2.30. The molecular weight excluding hydrogens is 887 g/mol. The average molecular weight is 918 g/mol. The third-order valence-electron chi connectivity index (χ3n) is 7.74. The van der Waals surface area contributed by atoms with E-state index >= 15 is 0 Å². The Balaban J connectivity index is 1.61. The zero-order chi connectivity index (χ0) is 34.0. The van der Waals surface area contributed by atoms with Gasteiger partial charge >= 0.3 is 0 Å². The molecule has 0 saturated carbocycles.